The van der Waals surface area contributed by atoms with Gasteiger partial charge in [0.15, 0.2) is 0 Å². The average Bonchev–Trinajstić information content (AvgIpc) is 2.98. The number of nitrogens with one attached hydrogen (secondary N) is 1. The number of aliphatic hydroxyl groups is 1. The van der Waals surface area contributed by atoms with Gasteiger partial charge in [0.1, 0.15) is 6.10 Å². The smallest absolute Gasteiger partial charge is 0.309 e. The summed E-state index contributed by atoms with van der Waals surface area (Å²) in [6.07, 6.45) is 14.1. The van der Waals surface area contributed by atoms with Crippen molar-refractivity contribution >= 4 is 17.8 Å². The van der Waals surface area contributed by atoms with Gasteiger partial charge in [-0.25, -0.2) is 0 Å². The summed E-state index contributed by atoms with van der Waals surface area (Å²) in [4.78, 5) is 39.1. The van der Waals surface area contributed by atoms with Gasteiger partial charge in [0, 0.05) is 5.41 Å². The second kappa shape index (κ2) is 12.7. The van der Waals surface area contributed by atoms with Crippen molar-refractivity contribution in [3.63, 3.8) is 0 Å². The van der Waals surface area contributed by atoms with Gasteiger partial charge < -0.3 is 20.3 Å². The van der Waals surface area contributed by atoms with E-state index in [1.54, 1.807) is 13.8 Å². The maximum absolute atomic E-state index is 14.4. The number of rotatable bonds is 9. The van der Waals surface area contributed by atoms with Crippen LogP contribution in [0.2, 0.25) is 0 Å². The number of aliphatic hydroxyl groups excluding tert-OH is 1. The molecule has 0 aliphatic heterocycles. The van der Waals surface area contributed by atoms with Crippen molar-refractivity contribution in [2.24, 2.45) is 68.0 Å². The number of amides is 1. The summed E-state index contributed by atoms with van der Waals surface area (Å²) in [5, 5.41) is 23.1. The Hall–Kier alpha value is -1.89. The zero-order chi connectivity index (χ0) is 35.7. The van der Waals surface area contributed by atoms with E-state index in [1.165, 1.54) is 0 Å². The van der Waals surface area contributed by atoms with Crippen LogP contribution >= 0.6 is 0 Å². The summed E-state index contributed by atoms with van der Waals surface area (Å²) in [6, 6.07) is -0.202. The zero-order valence-electron chi connectivity index (χ0n) is 31.8. The Bertz CT molecular complexity index is 1290. The molecular weight excluding hydrogens is 602 g/mol. The lowest BCUT2D eigenvalue weighted by Crippen LogP contribution is -2.68. The Labute approximate surface area is 290 Å². The van der Waals surface area contributed by atoms with Crippen molar-refractivity contribution in [2.45, 2.75) is 152 Å². The molecule has 0 heterocycles. The highest BCUT2D eigenvalue weighted by Crippen LogP contribution is 2.76. The van der Waals surface area contributed by atoms with Gasteiger partial charge in [-0.1, -0.05) is 67.5 Å². The van der Waals surface area contributed by atoms with E-state index in [0.717, 1.165) is 64.2 Å². The molecular formula is C41H67NO6. The Balaban J connectivity index is 1.40. The van der Waals surface area contributed by atoms with Crippen LogP contribution in [0.1, 0.15) is 140 Å². The van der Waals surface area contributed by atoms with Gasteiger partial charge in [0.25, 0.3) is 0 Å². The van der Waals surface area contributed by atoms with Crippen molar-refractivity contribution in [3.05, 3.63) is 12.2 Å². The number of hydrogen-bond donors (Lipinski definition) is 3. The molecule has 7 heteroatoms. The second-order valence-corrected chi connectivity index (χ2v) is 19.5. The van der Waals surface area contributed by atoms with Crippen LogP contribution in [0.15, 0.2) is 12.2 Å². The minimum atomic E-state index is -1.15. The molecule has 11 atom stereocenters. The number of aliphatic carboxylic acids is 1. The quantitative estimate of drug-likeness (QED) is 0.169. The molecule has 0 aromatic heterocycles. The number of carboxylic acid groups (broad SMARTS) is 1. The van der Waals surface area contributed by atoms with Crippen molar-refractivity contribution in [1.82, 2.24) is 5.32 Å². The number of esters is 1. The molecule has 0 aromatic rings. The standard InChI is InChI=1S/C41H67NO6/c1-25(2)22-27(24-43)42-34(45)41-17-11-12-26(3)33(41)28-13-14-30-38(8)18-16-31(48-32(44)23-36(4,5)35(46)47)37(6,7)29(38)15-19-40(30,10)39(28,9)20-21-41/h11-12,25-31,33,43H,13-24H2,1-10H3,(H,42,45)(H,46,47)/t26-,27+,28-,29+,30-,31+,33-,38+,39-,40-,41+/m1/s1. The molecule has 5 rings (SSSR count). The number of allylic oxidation sites excluding steroid dienone is 2. The maximum Gasteiger partial charge on any atom is 0.309 e. The Morgan fingerprint density at radius 3 is 2.25 bits per heavy atom. The predicted molar refractivity (Wildman–Crippen MR) is 189 cm³/mol. The van der Waals surface area contributed by atoms with E-state index in [2.05, 4.69) is 72.9 Å². The monoisotopic (exact) mass is 669 g/mol. The normalized spacial score (nSPS) is 42.4. The third-order valence-corrected chi connectivity index (χ3v) is 15.7. The van der Waals surface area contributed by atoms with Gasteiger partial charge >= 0.3 is 11.9 Å². The minimum Gasteiger partial charge on any atom is -0.481 e. The Morgan fingerprint density at radius 2 is 1.62 bits per heavy atom. The van der Waals surface area contributed by atoms with E-state index in [9.17, 15) is 24.6 Å². The molecule has 5 aliphatic rings. The van der Waals surface area contributed by atoms with Crippen LogP contribution in [0.4, 0.5) is 0 Å². The number of ether oxygens (including phenoxy) is 1. The average molecular weight is 670 g/mol. The van der Waals surface area contributed by atoms with Crippen LogP contribution < -0.4 is 5.32 Å². The Kier molecular flexibility index (Phi) is 9.89. The third kappa shape index (κ3) is 5.78. The van der Waals surface area contributed by atoms with Crippen molar-refractivity contribution in [1.29, 1.82) is 0 Å². The van der Waals surface area contributed by atoms with Crippen molar-refractivity contribution in [2.75, 3.05) is 6.61 Å². The van der Waals surface area contributed by atoms with Crippen LogP contribution in [0, 0.1) is 68.0 Å². The zero-order valence-corrected chi connectivity index (χ0v) is 31.8. The number of hydrogen-bond acceptors (Lipinski definition) is 5. The molecule has 1 amide bonds. The van der Waals surface area contributed by atoms with E-state index in [1.807, 2.05) is 0 Å². The van der Waals surface area contributed by atoms with Crippen molar-refractivity contribution < 1.29 is 29.3 Å². The molecule has 3 N–H and O–H groups in total. The fraction of sp³-hybridized carbons (Fsp3) is 0.878. The first-order chi connectivity index (χ1) is 22.2. The molecule has 48 heavy (non-hydrogen) atoms. The van der Waals surface area contributed by atoms with Gasteiger partial charge in [-0.2, -0.15) is 0 Å². The first kappa shape index (κ1) is 37.4. The van der Waals surface area contributed by atoms with E-state index in [4.69, 9.17) is 4.74 Å². The van der Waals surface area contributed by atoms with Crippen LogP contribution in [-0.2, 0) is 19.1 Å². The predicted octanol–water partition coefficient (Wildman–Crippen LogP) is 8.19. The van der Waals surface area contributed by atoms with Crippen LogP contribution in [0.25, 0.3) is 0 Å². The van der Waals surface area contributed by atoms with E-state index in [-0.39, 0.29) is 58.7 Å². The lowest BCUT2D eigenvalue weighted by molar-refractivity contribution is -0.252. The highest BCUT2D eigenvalue weighted by atomic mass is 16.5. The molecule has 0 radical (unpaired) electrons. The minimum absolute atomic E-state index is 0.0204. The first-order valence-corrected chi connectivity index (χ1v) is 19.2. The van der Waals surface area contributed by atoms with Crippen LogP contribution in [0.3, 0.4) is 0 Å². The SMILES string of the molecule is CC(C)C[C@@H](CO)NC(=O)[C@]12CC=C[C@@H](C)[C@@H]1[C@H]1CC[C@@H]3[C@@]4(C)CC[C@H](OC(=O)CC(C)(C)C(=O)O)C(C)(C)[C@@H]4CC[C@@]3(C)[C@]1(C)CC2. The molecule has 0 bridgehead atoms. The molecule has 4 fully saturated rings. The molecule has 5 aliphatic carbocycles. The van der Waals surface area contributed by atoms with E-state index in [0.29, 0.717) is 29.6 Å². The largest absolute Gasteiger partial charge is 0.481 e. The number of carbonyl (C=O) groups excluding carboxylic acids is 2. The highest BCUT2D eigenvalue weighted by molar-refractivity contribution is 5.84. The van der Waals surface area contributed by atoms with Gasteiger partial charge in [0.2, 0.25) is 5.91 Å². The Morgan fingerprint density at radius 1 is 0.938 bits per heavy atom. The number of carboxylic acids is 1. The third-order valence-electron chi connectivity index (χ3n) is 15.7. The summed E-state index contributed by atoms with van der Waals surface area (Å²) >= 11 is 0. The summed E-state index contributed by atoms with van der Waals surface area (Å²) in [6.45, 7) is 22.1. The first-order valence-electron chi connectivity index (χ1n) is 19.2. The van der Waals surface area contributed by atoms with E-state index >= 15 is 0 Å². The molecule has 0 saturated heterocycles. The molecule has 0 aromatic carbocycles. The van der Waals surface area contributed by atoms with Gasteiger partial charge in [-0.05, 0) is 130 Å². The number of carbonyl (C=O) groups is 3. The molecule has 4 saturated carbocycles. The highest BCUT2D eigenvalue weighted by Gasteiger charge is 2.71. The van der Waals surface area contributed by atoms with Gasteiger partial charge in [-0.3, -0.25) is 14.4 Å². The van der Waals surface area contributed by atoms with Crippen molar-refractivity contribution in [3.8, 4) is 0 Å². The molecule has 272 valence electrons. The maximum atomic E-state index is 14.4. The molecule has 0 unspecified atom stereocenters. The van der Waals surface area contributed by atoms with Gasteiger partial charge in [-0.15, -0.1) is 0 Å². The molecule has 7 nitrogen and oxygen atoms in total. The van der Waals surface area contributed by atoms with E-state index < -0.39 is 22.8 Å². The fourth-order valence-electron chi connectivity index (χ4n) is 13.0. The summed E-state index contributed by atoms with van der Waals surface area (Å²) in [5.74, 6) is 1.20. The summed E-state index contributed by atoms with van der Waals surface area (Å²) in [7, 11) is 0. The summed E-state index contributed by atoms with van der Waals surface area (Å²) < 4.78 is 6.15. The van der Waals surface area contributed by atoms with Crippen LogP contribution in [-0.4, -0.2) is 46.8 Å². The lowest BCUT2D eigenvalue weighted by Gasteiger charge is -2.73. The van der Waals surface area contributed by atoms with Gasteiger partial charge in [0.05, 0.1) is 29.9 Å². The lowest BCUT2D eigenvalue weighted by atomic mass is 9.31. The topological polar surface area (TPSA) is 113 Å². The van der Waals surface area contributed by atoms with Crippen LogP contribution in [0.5, 0.6) is 0 Å². The fourth-order valence-corrected chi connectivity index (χ4v) is 13.0. The second-order valence-electron chi connectivity index (χ2n) is 19.5. The number of fused-ring (bicyclic) bond motifs is 7. The molecule has 0 spiro atoms. The summed E-state index contributed by atoms with van der Waals surface area (Å²) in [5.41, 5.74) is -1.42.